The van der Waals surface area contributed by atoms with Crippen LogP contribution in [0.1, 0.15) is 28.0 Å². The van der Waals surface area contributed by atoms with Crippen molar-refractivity contribution in [3.05, 3.63) is 51.8 Å². The van der Waals surface area contributed by atoms with Crippen LogP contribution in [0.2, 0.25) is 0 Å². The van der Waals surface area contributed by atoms with Crippen molar-refractivity contribution in [1.82, 2.24) is 14.8 Å². The fraction of sp³-hybridized carbons (Fsp3) is 0.267. The number of aryl methyl sites for hydroxylation is 3. The van der Waals surface area contributed by atoms with E-state index in [1.165, 1.54) is 5.56 Å². The number of aromatic nitrogens is 1. The Morgan fingerprint density at radius 2 is 1.96 bits per heavy atom. The number of benzene rings is 1. The lowest BCUT2D eigenvalue weighted by Gasteiger charge is -2.10. The maximum atomic E-state index is 12.3. The molecule has 0 unspecified atom stereocenters. The molecule has 1 aromatic carbocycles. The Kier molecular flexibility index (Phi) is 4.31. The second kappa shape index (κ2) is 6.10. The van der Waals surface area contributed by atoms with Gasteiger partial charge in [0.05, 0.1) is 4.90 Å². The maximum absolute atomic E-state index is 12.3. The first-order valence-corrected chi connectivity index (χ1v) is 9.40. The lowest BCUT2D eigenvalue weighted by molar-refractivity contribution is 0.0937. The third-order valence-electron chi connectivity index (χ3n) is 3.88. The van der Waals surface area contributed by atoms with Crippen molar-refractivity contribution in [2.75, 3.05) is 0 Å². The van der Waals surface area contributed by atoms with Gasteiger partial charge in [-0.2, -0.15) is 0 Å². The molecule has 6 nitrogen and oxygen atoms in total. The Balaban J connectivity index is 1.74. The minimum atomic E-state index is -3.79. The average molecular weight is 398 g/mol. The molecular formula is C15H16BrN3O3S. The van der Waals surface area contributed by atoms with Gasteiger partial charge in [0.1, 0.15) is 5.69 Å². The standard InChI is InChI=1S/C15H16BrN3O3S/c1-19-9-12(16)8-14(19)15(20)17-18-23(21,22)13-6-5-10-3-2-4-11(10)7-13/h5-9,18H,2-4H2,1H3,(H,17,20). The molecule has 0 radical (unpaired) electrons. The minimum Gasteiger partial charge on any atom is -0.345 e. The largest absolute Gasteiger partial charge is 0.345 e. The minimum absolute atomic E-state index is 0.159. The smallest absolute Gasteiger partial charge is 0.282 e. The first-order chi connectivity index (χ1) is 10.9. The van der Waals surface area contributed by atoms with E-state index >= 15 is 0 Å². The Labute approximate surface area is 143 Å². The molecule has 0 aliphatic heterocycles. The SMILES string of the molecule is Cn1cc(Br)cc1C(=O)NNS(=O)(=O)c1ccc2c(c1)CCC2. The van der Waals surface area contributed by atoms with Gasteiger partial charge in [-0.05, 0) is 64.5 Å². The lowest BCUT2D eigenvalue weighted by Crippen LogP contribution is -2.42. The highest BCUT2D eigenvalue weighted by Gasteiger charge is 2.20. The molecule has 122 valence electrons. The van der Waals surface area contributed by atoms with Crippen LogP contribution in [0.5, 0.6) is 0 Å². The normalized spacial score (nSPS) is 13.8. The number of sulfonamides is 1. The van der Waals surface area contributed by atoms with E-state index in [1.54, 1.807) is 36.0 Å². The van der Waals surface area contributed by atoms with Gasteiger partial charge in [-0.25, -0.2) is 8.42 Å². The van der Waals surface area contributed by atoms with E-state index in [0.29, 0.717) is 5.69 Å². The van der Waals surface area contributed by atoms with Gasteiger partial charge in [0.15, 0.2) is 0 Å². The summed E-state index contributed by atoms with van der Waals surface area (Å²) < 4.78 is 27.0. The fourth-order valence-electron chi connectivity index (χ4n) is 2.70. The number of nitrogens with zero attached hydrogens (tertiary/aromatic N) is 1. The first kappa shape index (κ1) is 16.2. The highest BCUT2D eigenvalue weighted by atomic mass is 79.9. The lowest BCUT2D eigenvalue weighted by atomic mass is 10.1. The van der Waals surface area contributed by atoms with Crippen LogP contribution in [-0.2, 0) is 29.9 Å². The Morgan fingerprint density at radius 3 is 2.65 bits per heavy atom. The zero-order valence-corrected chi connectivity index (χ0v) is 14.9. The number of nitrogens with one attached hydrogen (secondary N) is 2. The molecular weight excluding hydrogens is 382 g/mol. The summed E-state index contributed by atoms with van der Waals surface area (Å²) in [6.45, 7) is 0. The number of hydrogen-bond donors (Lipinski definition) is 2. The zero-order valence-electron chi connectivity index (χ0n) is 12.5. The number of halogens is 1. The first-order valence-electron chi connectivity index (χ1n) is 7.12. The van der Waals surface area contributed by atoms with Gasteiger partial charge in [-0.3, -0.25) is 10.2 Å². The molecule has 8 heteroatoms. The molecule has 1 heterocycles. The van der Waals surface area contributed by atoms with Crippen LogP contribution in [0.3, 0.4) is 0 Å². The predicted molar refractivity (Wildman–Crippen MR) is 89.4 cm³/mol. The van der Waals surface area contributed by atoms with Gasteiger partial charge < -0.3 is 4.57 Å². The van der Waals surface area contributed by atoms with Crippen LogP contribution in [-0.4, -0.2) is 18.9 Å². The molecule has 0 saturated carbocycles. The van der Waals surface area contributed by atoms with Crippen molar-refractivity contribution < 1.29 is 13.2 Å². The molecule has 0 fully saturated rings. The van der Waals surface area contributed by atoms with Gasteiger partial charge in [0, 0.05) is 17.7 Å². The third-order valence-corrected chi connectivity index (χ3v) is 5.56. The van der Waals surface area contributed by atoms with E-state index in [4.69, 9.17) is 0 Å². The van der Waals surface area contributed by atoms with E-state index in [2.05, 4.69) is 26.2 Å². The topological polar surface area (TPSA) is 80.2 Å². The molecule has 2 aromatic rings. The Bertz CT molecular complexity index is 874. The number of fused-ring (bicyclic) bond motifs is 1. The molecule has 3 rings (SSSR count). The van der Waals surface area contributed by atoms with Crippen molar-refractivity contribution in [1.29, 1.82) is 0 Å². The van der Waals surface area contributed by atoms with Crippen LogP contribution in [0.25, 0.3) is 0 Å². The van der Waals surface area contributed by atoms with Gasteiger partial charge in [0.2, 0.25) is 0 Å². The Hall–Kier alpha value is -1.64. The predicted octanol–water partition coefficient (Wildman–Crippen LogP) is 1.90. The summed E-state index contributed by atoms with van der Waals surface area (Å²) >= 11 is 3.27. The summed E-state index contributed by atoms with van der Waals surface area (Å²) in [5.41, 5.74) is 4.84. The number of amides is 1. The van der Waals surface area contributed by atoms with E-state index in [-0.39, 0.29) is 4.90 Å². The summed E-state index contributed by atoms with van der Waals surface area (Å²) in [5.74, 6) is -0.525. The monoisotopic (exact) mass is 397 g/mol. The number of carbonyl (C=O) groups is 1. The molecule has 2 N–H and O–H groups in total. The van der Waals surface area contributed by atoms with Crippen molar-refractivity contribution in [3.8, 4) is 0 Å². The molecule has 1 aliphatic rings. The molecule has 23 heavy (non-hydrogen) atoms. The van der Waals surface area contributed by atoms with E-state index < -0.39 is 15.9 Å². The summed E-state index contributed by atoms with van der Waals surface area (Å²) in [6, 6.07) is 6.69. The molecule has 1 amide bonds. The van der Waals surface area contributed by atoms with E-state index in [0.717, 1.165) is 29.3 Å². The molecule has 1 aliphatic carbocycles. The highest BCUT2D eigenvalue weighted by Crippen LogP contribution is 2.24. The maximum Gasteiger partial charge on any atom is 0.282 e. The number of hydrazine groups is 1. The summed E-state index contributed by atoms with van der Waals surface area (Å²) in [5, 5.41) is 0. The van der Waals surface area contributed by atoms with Crippen molar-refractivity contribution in [3.63, 3.8) is 0 Å². The molecule has 0 bridgehead atoms. The van der Waals surface area contributed by atoms with Gasteiger partial charge in [0.25, 0.3) is 15.9 Å². The number of hydrogen-bond acceptors (Lipinski definition) is 3. The summed E-state index contributed by atoms with van der Waals surface area (Å²) in [6.07, 6.45) is 4.64. The van der Waals surface area contributed by atoms with E-state index in [1.807, 2.05) is 6.07 Å². The summed E-state index contributed by atoms with van der Waals surface area (Å²) in [4.78, 5) is 14.4. The van der Waals surface area contributed by atoms with Crippen LogP contribution in [0, 0.1) is 0 Å². The third kappa shape index (κ3) is 3.34. The Morgan fingerprint density at radius 1 is 1.22 bits per heavy atom. The molecule has 1 aromatic heterocycles. The van der Waals surface area contributed by atoms with Crippen molar-refractivity contribution in [2.45, 2.75) is 24.2 Å². The highest BCUT2D eigenvalue weighted by molar-refractivity contribution is 9.10. The van der Waals surface area contributed by atoms with Crippen molar-refractivity contribution >= 4 is 31.9 Å². The van der Waals surface area contributed by atoms with E-state index in [9.17, 15) is 13.2 Å². The van der Waals surface area contributed by atoms with Crippen LogP contribution < -0.4 is 10.3 Å². The molecule has 0 spiro atoms. The van der Waals surface area contributed by atoms with Crippen LogP contribution in [0.15, 0.2) is 39.8 Å². The van der Waals surface area contributed by atoms with Gasteiger partial charge in [-0.1, -0.05) is 6.07 Å². The van der Waals surface area contributed by atoms with Gasteiger partial charge >= 0.3 is 0 Å². The average Bonchev–Trinajstić information content (AvgIpc) is 3.10. The quantitative estimate of drug-likeness (QED) is 0.773. The number of rotatable bonds is 4. The summed E-state index contributed by atoms with van der Waals surface area (Å²) in [7, 11) is -2.09. The molecule has 0 atom stereocenters. The second-order valence-corrected chi connectivity index (χ2v) is 8.10. The zero-order chi connectivity index (χ0) is 16.6. The van der Waals surface area contributed by atoms with Crippen LogP contribution >= 0.6 is 15.9 Å². The van der Waals surface area contributed by atoms with Gasteiger partial charge in [-0.15, -0.1) is 4.83 Å². The fourth-order valence-corrected chi connectivity index (χ4v) is 4.12. The van der Waals surface area contributed by atoms with Crippen molar-refractivity contribution in [2.24, 2.45) is 7.05 Å². The van der Waals surface area contributed by atoms with Crippen LogP contribution in [0.4, 0.5) is 0 Å². The second-order valence-electron chi connectivity index (χ2n) is 5.50. The molecule has 0 saturated heterocycles. The number of carbonyl (C=O) groups excluding carboxylic acids is 1.